The first-order valence-electron chi connectivity index (χ1n) is 6.23. The lowest BCUT2D eigenvalue weighted by molar-refractivity contribution is -0.145. The number of carboxylic acids is 1. The van der Waals surface area contributed by atoms with Crippen molar-refractivity contribution in [2.45, 2.75) is 26.2 Å². The van der Waals surface area contributed by atoms with E-state index in [4.69, 9.17) is 5.11 Å². The van der Waals surface area contributed by atoms with E-state index in [1.165, 1.54) is 0 Å². The summed E-state index contributed by atoms with van der Waals surface area (Å²) < 4.78 is 0. The van der Waals surface area contributed by atoms with Crippen LogP contribution in [0.15, 0.2) is 0 Å². The van der Waals surface area contributed by atoms with Crippen LogP contribution in [0.3, 0.4) is 0 Å². The first-order chi connectivity index (χ1) is 8.04. The quantitative estimate of drug-likeness (QED) is 0.769. The number of aliphatic carboxylic acids is 1. The summed E-state index contributed by atoms with van der Waals surface area (Å²) in [4.78, 5) is 26.5. The minimum absolute atomic E-state index is 0.116. The predicted octanol–water partition coefficient (Wildman–Crippen LogP) is 0.651. The molecule has 0 saturated carbocycles. The summed E-state index contributed by atoms with van der Waals surface area (Å²) in [5.41, 5.74) is 0. The fourth-order valence-corrected chi connectivity index (χ4v) is 2.17. The van der Waals surface area contributed by atoms with E-state index in [0.717, 1.165) is 13.0 Å². The summed E-state index contributed by atoms with van der Waals surface area (Å²) in [6.45, 7) is 4.59. The third-order valence-corrected chi connectivity index (χ3v) is 3.21. The van der Waals surface area contributed by atoms with E-state index < -0.39 is 5.97 Å². The number of carboxylic acid groups (broad SMARTS) is 1. The van der Waals surface area contributed by atoms with Crippen molar-refractivity contribution >= 4 is 11.9 Å². The Kier molecular flexibility index (Phi) is 5.41. The molecule has 0 atom stereocenters. The van der Waals surface area contributed by atoms with Gasteiger partial charge in [0, 0.05) is 13.1 Å². The molecule has 1 aliphatic heterocycles. The third kappa shape index (κ3) is 4.34. The van der Waals surface area contributed by atoms with Crippen LogP contribution < -0.4 is 0 Å². The molecule has 0 radical (unpaired) electrons. The number of carbonyl (C=O) groups is 2. The number of hydrogen-bond acceptors (Lipinski definition) is 3. The van der Waals surface area contributed by atoms with Crippen LogP contribution in [0.2, 0.25) is 0 Å². The van der Waals surface area contributed by atoms with Crippen LogP contribution in [0.4, 0.5) is 0 Å². The highest BCUT2D eigenvalue weighted by molar-refractivity contribution is 5.78. The molecule has 1 saturated heterocycles. The Labute approximate surface area is 102 Å². The molecule has 0 spiro atoms. The van der Waals surface area contributed by atoms with Gasteiger partial charge in [-0.1, -0.05) is 6.92 Å². The molecule has 5 nitrogen and oxygen atoms in total. The average Bonchev–Trinajstić information content (AvgIpc) is 2.29. The Morgan fingerprint density at radius 3 is 2.41 bits per heavy atom. The van der Waals surface area contributed by atoms with Crippen LogP contribution in [0.5, 0.6) is 0 Å². The molecule has 1 N–H and O–H groups in total. The topological polar surface area (TPSA) is 60.9 Å². The minimum Gasteiger partial charge on any atom is -0.481 e. The molecule has 17 heavy (non-hydrogen) atoms. The second kappa shape index (κ2) is 6.59. The minimum atomic E-state index is -0.736. The fourth-order valence-electron chi connectivity index (χ4n) is 2.17. The smallest absolute Gasteiger partial charge is 0.306 e. The highest BCUT2D eigenvalue weighted by Gasteiger charge is 2.26. The predicted molar refractivity (Wildman–Crippen MR) is 64.7 cm³/mol. The van der Waals surface area contributed by atoms with E-state index in [1.807, 2.05) is 11.9 Å². The second-order valence-electron chi connectivity index (χ2n) is 4.73. The van der Waals surface area contributed by atoms with Crippen molar-refractivity contribution < 1.29 is 14.7 Å². The van der Waals surface area contributed by atoms with Gasteiger partial charge in [0.05, 0.1) is 12.5 Å². The van der Waals surface area contributed by atoms with E-state index in [9.17, 15) is 9.59 Å². The number of hydrogen-bond donors (Lipinski definition) is 1. The van der Waals surface area contributed by atoms with Crippen molar-refractivity contribution in [3.05, 3.63) is 0 Å². The number of likely N-dealkylation sites (N-methyl/N-ethyl adjacent to an activating group) is 1. The van der Waals surface area contributed by atoms with E-state index in [-0.39, 0.29) is 11.8 Å². The maximum Gasteiger partial charge on any atom is 0.306 e. The Hall–Kier alpha value is -1.10. The lowest BCUT2D eigenvalue weighted by Gasteiger charge is -2.31. The number of piperidine rings is 1. The standard InChI is InChI=1S/C12H22N2O3/c1-3-6-13(2)9-11(15)14-7-4-10(5-8-14)12(16)17/h10H,3-9H2,1-2H3,(H,16,17). The summed E-state index contributed by atoms with van der Waals surface area (Å²) in [5.74, 6) is -0.891. The van der Waals surface area contributed by atoms with Crippen LogP contribution in [0.25, 0.3) is 0 Å². The highest BCUT2D eigenvalue weighted by atomic mass is 16.4. The third-order valence-electron chi connectivity index (χ3n) is 3.21. The maximum absolute atomic E-state index is 11.9. The van der Waals surface area contributed by atoms with Gasteiger partial charge in [0.25, 0.3) is 0 Å². The van der Waals surface area contributed by atoms with Crippen LogP contribution in [-0.4, -0.2) is 60.0 Å². The van der Waals surface area contributed by atoms with E-state index in [2.05, 4.69) is 6.92 Å². The summed E-state index contributed by atoms with van der Waals surface area (Å²) in [7, 11) is 1.94. The van der Waals surface area contributed by atoms with Crippen LogP contribution in [-0.2, 0) is 9.59 Å². The molecule has 98 valence electrons. The molecule has 5 heteroatoms. The van der Waals surface area contributed by atoms with Gasteiger partial charge in [-0.3, -0.25) is 14.5 Å². The zero-order valence-electron chi connectivity index (χ0n) is 10.7. The van der Waals surface area contributed by atoms with Gasteiger partial charge in [-0.05, 0) is 32.9 Å². The monoisotopic (exact) mass is 242 g/mol. The van der Waals surface area contributed by atoms with Crippen LogP contribution in [0, 0.1) is 5.92 Å². The normalized spacial score (nSPS) is 17.5. The first-order valence-corrected chi connectivity index (χ1v) is 6.23. The summed E-state index contributed by atoms with van der Waals surface area (Å²) >= 11 is 0. The SMILES string of the molecule is CCCN(C)CC(=O)N1CCC(C(=O)O)CC1. The Morgan fingerprint density at radius 2 is 1.94 bits per heavy atom. The lowest BCUT2D eigenvalue weighted by Crippen LogP contribution is -2.44. The molecular formula is C12H22N2O3. The lowest BCUT2D eigenvalue weighted by atomic mass is 9.97. The molecular weight excluding hydrogens is 220 g/mol. The second-order valence-corrected chi connectivity index (χ2v) is 4.73. The van der Waals surface area contributed by atoms with Gasteiger partial charge in [-0.2, -0.15) is 0 Å². The fraction of sp³-hybridized carbons (Fsp3) is 0.833. The van der Waals surface area contributed by atoms with Crippen molar-refractivity contribution in [3.8, 4) is 0 Å². The van der Waals surface area contributed by atoms with Gasteiger partial charge >= 0.3 is 5.97 Å². The molecule has 1 fully saturated rings. The Bertz CT molecular complexity index is 273. The van der Waals surface area contributed by atoms with Crippen molar-refractivity contribution in [3.63, 3.8) is 0 Å². The Balaban J connectivity index is 2.33. The van der Waals surface area contributed by atoms with Gasteiger partial charge in [0.15, 0.2) is 0 Å². The number of likely N-dealkylation sites (tertiary alicyclic amines) is 1. The van der Waals surface area contributed by atoms with Gasteiger partial charge in [-0.25, -0.2) is 0 Å². The van der Waals surface area contributed by atoms with Crippen molar-refractivity contribution in [1.29, 1.82) is 0 Å². The molecule has 0 aliphatic carbocycles. The zero-order chi connectivity index (χ0) is 12.8. The molecule has 1 aliphatic rings. The summed E-state index contributed by atoms with van der Waals surface area (Å²) in [6.07, 6.45) is 2.20. The first kappa shape index (κ1) is 14.0. The van der Waals surface area contributed by atoms with E-state index in [0.29, 0.717) is 32.5 Å². The Morgan fingerprint density at radius 1 is 1.35 bits per heavy atom. The van der Waals surface area contributed by atoms with E-state index >= 15 is 0 Å². The van der Waals surface area contributed by atoms with Crippen molar-refractivity contribution in [1.82, 2.24) is 9.80 Å². The maximum atomic E-state index is 11.9. The van der Waals surface area contributed by atoms with Crippen LogP contribution in [0.1, 0.15) is 26.2 Å². The molecule has 0 aromatic heterocycles. The van der Waals surface area contributed by atoms with Crippen LogP contribution >= 0.6 is 0 Å². The van der Waals surface area contributed by atoms with Crippen molar-refractivity contribution in [2.75, 3.05) is 33.2 Å². The molecule has 0 aromatic rings. The van der Waals surface area contributed by atoms with Gasteiger partial charge < -0.3 is 10.0 Å². The van der Waals surface area contributed by atoms with Gasteiger partial charge in [-0.15, -0.1) is 0 Å². The number of rotatable bonds is 5. The largest absolute Gasteiger partial charge is 0.481 e. The molecule has 0 bridgehead atoms. The molecule has 1 heterocycles. The molecule has 1 amide bonds. The zero-order valence-corrected chi connectivity index (χ0v) is 10.7. The summed E-state index contributed by atoms with van der Waals surface area (Å²) in [5, 5.41) is 8.87. The van der Waals surface area contributed by atoms with Gasteiger partial charge in [0.2, 0.25) is 5.91 Å². The van der Waals surface area contributed by atoms with Crippen molar-refractivity contribution in [2.24, 2.45) is 5.92 Å². The van der Waals surface area contributed by atoms with E-state index in [1.54, 1.807) is 4.90 Å². The number of amides is 1. The molecule has 0 aromatic carbocycles. The number of nitrogens with zero attached hydrogens (tertiary/aromatic N) is 2. The molecule has 1 rings (SSSR count). The average molecular weight is 242 g/mol. The summed E-state index contributed by atoms with van der Waals surface area (Å²) in [6, 6.07) is 0. The molecule has 0 unspecified atom stereocenters. The number of carbonyl (C=O) groups excluding carboxylic acids is 1. The highest BCUT2D eigenvalue weighted by Crippen LogP contribution is 2.17. The van der Waals surface area contributed by atoms with Gasteiger partial charge in [0.1, 0.15) is 0 Å².